The molecule has 0 saturated heterocycles. The lowest BCUT2D eigenvalue weighted by atomic mass is 10.0. The average Bonchev–Trinajstić information content (AvgIpc) is 2.51. The Morgan fingerprint density at radius 3 is 2.54 bits per heavy atom. The Kier molecular flexibility index (Phi) is 5.89. The van der Waals surface area contributed by atoms with E-state index in [4.69, 9.17) is 11.2 Å². The number of alkyl halides is 3. The van der Waals surface area contributed by atoms with Gasteiger partial charge in [-0.2, -0.15) is 0 Å². The van der Waals surface area contributed by atoms with Crippen molar-refractivity contribution in [2.24, 2.45) is 0 Å². The summed E-state index contributed by atoms with van der Waals surface area (Å²) < 4.78 is 59.1. The smallest absolute Gasteiger partial charge is 0.256 e. The number of amides is 1. The molecule has 1 unspecified atom stereocenters. The quantitative estimate of drug-likeness (QED) is 0.425. The molecule has 0 spiro atoms. The zero-order valence-electron chi connectivity index (χ0n) is 12.2. The molecule has 1 amide bonds. The number of terminal acetylenes is 1. The van der Waals surface area contributed by atoms with Crippen molar-refractivity contribution in [3.05, 3.63) is 35.4 Å². The van der Waals surface area contributed by atoms with Gasteiger partial charge in [0, 0.05) is 12.1 Å². The first-order valence-electron chi connectivity index (χ1n) is 6.84. The predicted molar refractivity (Wildman–Crippen MR) is 83.7 cm³/mol. The van der Waals surface area contributed by atoms with Gasteiger partial charge in [0.25, 0.3) is 6.43 Å². The number of hydrogen-bond donors (Lipinski definition) is 0. The van der Waals surface area contributed by atoms with Gasteiger partial charge < -0.3 is 9.64 Å². The fraction of sp³-hybridized carbons (Fsp3) is 0.312. The monoisotopic (exact) mass is 405 g/mol. The molecule has 1 aromatic rings. The summed E-state index contributed by atoms with van der Waals surface area (Å²) in [5.41, 5.74) is -0.786. The number of carbonyl (C=O) groups is 1. The summed E-state index contributed by atoms with van der Waals surface area (Å²) in [5, 5.41) is 0. The Morgan fingerprint density at radius 2 is 2.00 bits per heavy atom. The number of allylic oxidation sites excluding steroid dienone is 1. The summed E-state index contributed by atoms with van der Waals surface area (Å²) in [6.07, 6.45) is 3.62. The molecule has 1 aliphatic rings. The maximum Gasteiger partial charge on any atom is 0.256 e. The minimum atomic E-state index is -2.85. The molecule has 3 nitrogen and oxygen atoms in total. The highest BCUT2D eigenvalue weighted by atomic mass is 79.9. The zero-order valence-corrected chi connectivity index (χ0v) is 13.8. The minimum Gasteiger partial charge on any atom is -0.481 e. The van der Waals surface area contributed by atoms with E-state index in [-0.39, 0.29) is 24.5 Å². The van der Waals surface area contributed by atoms with Crippen molar-refractivity contribution in [1.29, 1.82) is 0 Å². The van der Waals surface area contributed by atoms with E-state index >= 15 is 0 Å². The number of carbonyl (C=O) groups excluding carboxylic acids is 1. The molecule has 1 aliphatic heterocycles. The highest BCUT2D eigenvalue weighted by Crippen LogP contribution is 2.34. The van der Waals surface area contributed by atoms with Crippen molar-refractivity contribution >= 4 is 27.5 Å². The van der Waals surface area contributed by atoms with Crippen molar-refractivity contribution < 1.29 is 27.1 Å². The van der Waals surface area contributed by atoms with Gasteiger partial charge in [0.05, 0.1) is 22.6 Å². The molecule has 0 saturated carbocycles. The highest BCUT2D eigenvalue weighted by Gasteiger charge is 2.33. The van der Waals surface area contributed by atoms with Crippen LogP contribution in [0.25, 0.3) is 5.70 Å². The fourth-order valence-corrected chi connectivity index (χ4v) is 2.71. The zero-order chi connectivity index (χ0) is 17.9. The van der Waals surface area contributed by atoms with Crippen LogP contribution in [0.3, 0.4) is 0 Å². The van der Waals surface area contributed by atoms with E-state index in [0.29, 0.717) is 4.90 Å². The molecule has 1 aromatic carbocycles. The Balaban J connectivity index is 2.45. The van der Waals surface area contributed by atoms with Crippen LogP contribution in [0.1, 0.15) is 12.0 Å². The van der Waals surface area contributed by atoms with Crippen LogP contribution in [0.2, 0.25) is 0 Å². The van der Waals surface area contributed by atoms with Gasteiger partial charge in [-0.05, 0) is 6.42 Å². The summed E-state index contributed by atoms with van der Waals surface area (Å²) in [6.45, 7) is -1.14. The Hall–Kier alpha value is -2.01. The van der Waals surface area contributed by atoms with Crippen LogP contribution in [-0.4, -0.2) is 35.2 Å². The Bertz CT molecular complexity index is 692. The van der Waals surface area contributed by atoms with Crippen molar-refractivity contribution in [2.45, 2.75) is 17.7 Å². The van der Waals surface area contributed by atoms with Gasteiger partial charge in [-0.15, -0.1) is 6.42 Å². The maximum absolute atomic E-state index is 14.3. The molecular weight excluding hydrogens is 394 g/mol. The lowest BCUT2D eigenvalue weighted by Gasteiger charge is -2.31. The van der Waals surface area contributed by atoms with E-state index in [1.54, 1.807) is 0 Å². The topological polar surface area (TPSA) is 29.5 Å². The lowest BCUT2D eigenvalue weighted by molar-refractivity contribution is -0.129. The first kappa shape index (κ1) is 18.3. The molecule has 0 bridgehead atoms. The largest absolute Gasteiger partial charge is 0.481 e. The molecule has 0 N–H and O–H groups in total. The standard InChI is InChI=1S/C16H12BrF4NO2/c1-2-5-24-9-6-11(18)15(12(19)7-9)13-4-3-10(17)16(23)22(13)8-14(20)21/h1,4,6-7,10,14H,3,5,8H2. The fourth-order valence-electron chi connectivity index (χ4n) is 2.28. The van der Waals surface area contributed by atoms with E-state index in [1.165, 1.54) is 6.08 Å². The summed E-state index contributed by atoms with van der Waals surface area (Å²) in [6, 6.07) is 1.78. The predicted octanol–water partition coefficient (Wildman–Crippen LogP) is 3.58. The molecule has 1 atom stereocenters. The summed E-state index contributed by atoms with van der Waals surface area (Å²) in [4.78, 5) is 12.0. The number of benzene rings is 1. The molecule has 24 heavy (non-hydrogen) atoms. The normalized spacial score (nSPS) is 17.7. The van der Waals surface area contributed by atoms with E-state index in [2.05, 4.69) is 21.9 Å². The molecule has 128 valence electrons. The van der Waals surface area contributed by atoms with Crippen LogP contribution in [-0.2, 0) is 4.79 Å². The van der Waals surface area contributed by atoms with Crippen molar-refractivity contribution in [3.63, 3.8) is 0 Å². The van der Waals surface area contributed by atoms with Gasteiger partial charge in [-0.3, -0.25) is 4.79 Å². The number of ether oxygens (including phenoxy) is 1. The SMILES string of the molecule is C#CCOc1cc(F)c(C2=CCC(Br)C(=O)N2CC(F)F)c(F)c1. The van der Waals surface area contributed by atoms with Gasteiger partial charge in [-0.1, -0.05) is 27.9 Å². The van der Waals surface area contributed by atoms with Gasteiger partial charge in [0.15, 0.2) is 0 Å². The van der Waals surface area contributed by atoms with Gasteiger partial charge >= 0.3 is 0 Å². The minimum absolute atomic E-state index is 0.127. The molecule has 0 aliphatic carbocycles. The molecule has 1 heterocycles. The molecule has 0 aromatic heterocycles. The van der Waals surface area contributed by atoms with E-state index < -0.39 is 40.9 Å². The summed E-state index contributed by atoms with van der Waals surface area (Å²) >= 11 is 3.05. The third-order valence-electron chi connectivity index (χ3n) is 3.26. The van der Waals surface area contributed by atoms with Gasteiger partial charge in [-0.25, -0.2) is 17.6 Å². The van der Waals surface area contributed by atoms with Crippen LogP contribution in [0.5, 0.6) is 5.75 Å². The third kappa shape index (κ3) is 3.90. The third-order valence-corrected chi connectivity index (χ3v) is 4.02. The van der Waals surface area contributed by atoms with Crippen molar-refractivity contribution in [2.75, 3.05) is 13.2 Å². The number of rotatable bonds is 5. The molecule has 0 radical (unpaired) electrons. The van der Waals surface area contributed by atoms with Gasteiger partial charge in [0.1, 0.15) is 24.0 Å². The van der Waals surface area contributed by atoms with Crippen molar-refractivity contribution in [1.82, 2.24) is 4.90 Å². The van der Waals surface area contributed by atoms with E-state index in [1.807, 2.05) is 0 Å². The molecule has 2 rings (SSSR count). The second-order valence-electron chi connectivity index (χ2n) is 4.89. The molecule has 8 heteroatoms. The maximum atomic E-state index is 14.3. The number of halogens is 5. The highest BCUT2D eigenvalue weighted by molar-refractivity contribution is 9.10. The summed E-state index contributed by atoms with van der Waals surface area (Å²) in [5.74, 6) is -0.728. The van der Waals surface area contributed by atoms with Crippen LogP contribution >= 0.6 is 15.9 Å². The second-order valence-corrected chi connectivity index (χ2v) is 5.99. The van der Waals surface area contributed by atoms with Crippen LogP contribution in [0, 0.1) is 24.0 Å². The lowest BCUT2D eigenvalue weighted by Crippen LogP contribution is -2.41. The first-order chi connectivity index (χ1) is 11.3. The van der Waals surface area contributed by atoms with E-state index in [9.17, 15) is 22.4 Å². The van der Waals surface area contributed by atoms with Gasteiger partial charge in [0.2, 0.25) is 5.91 Å². The summed E-state index contributed by atoms with van der Waals surface area (Å²) in [7, 11) is 0. The Labute approximate surface area is 144 Å². The first-order valence-corrected chi connectivity index (χ1v) is 7.76. The van der Waals surface area contributed by atoms with E-state index in [0.717, 1.165) is 12.1 Å². The van der Waals surface area contributed by atoms with Crippen LogP contribution < -0.4 is 4.74 Å². The molecular formula is C16H12BrF4NO2. The number of hydrogen-bond acceptors (Lipinski definition) is 2. The Morgan fingerprint density at radius 1 is 1.38 bits per heavy atom. The number of nitrogens with zero attached hydrogens (tertiary/aromatic N) is 1. The second kappa shape index (κ2) is 7.71. The van der Waals surface area contributed by atoms with Crippen LogP contribution in [0.4, 0.5) is 17.6 Å². The average molecular weight is 406 g/mol. The molecule has 0 fully saturated rings. The van der Waals surface area contributed by atoms with Crippen molar-refractivity contribution in [3.8, 4) is 18.1 Å². The van der Waals surface area contributed by atoms with Crippen LogP contribution in [0.15, 0.2) is 18.2 Å².